The molecule has 0 radical (unpaired) electrons. The van der Waals surface area contributed by atoms with E-state index in [4.69, 9.17) is 25.8 Å². The number of halogens is 1. The number of aryl methyl sites for hydroxylation is 2. The van der Waals surface area contributed by atoms with Gasteiger partial charge in [0.1, 0.15) is 28.8 Å². The van der Waals surface area contributed by atoms with Crippen molar-refractivity contribution in [3.63, 3.8) is 0 Å². The molecule has 0 atom stereocenters. The van der Waals surface area contributed by atoms with Gasteiger partial charge in [0.05, 0.1) is 32.5 Å². The highest BCUT2D eigenvalue weighted by atomic mass is 35.5. The summed E-state index contributed by atoms with van der Waals surface area (Å²) in [6.45, 7) is 6.87. The number of methoxy groups -OCH3 is 2. The zero-order valence-corrected chi connectivity index (χ0v) is 28.3. The van der Waals surface area contributed by atoms with E-state index in [9.17, 15) is 14.9 Å². The Labute approximate surface area is 283 Å². The number of carbonyl (C=O) groups excluding carboxylic acids is 1. The van der Waals surface area contributed by atoms with Crippen molar-refractivity contribution in [3.8, 4) is 28.7 Å². The molecule has 3 heterocycles. The van der Waals surface area contributed by atoms with Crippen LogP contribution in [0.3, 0.4) is 0 Å². The van der Waals surface area contributed by atoms with Gasteiger partial charge in [-0.3, -0.25) is 19.1 Å². The summed E-state index contributed by atoms with van der Waals surface area (Å²) in [5.41, 5.74) is 1.84. The minimum atomic E-state index is -0.504. The minimum absolute atomic E-state index is 0.0274. The number of nitrogens with zero attached hydrogens (tertiary/aromatic N) is 5. The van der Waals surface area contributed by atoms with E-state index in [0.717, 1.165) is 18.7 Å². The number of benzene rings is 2. The van der Waals surface area contributed by atoms with E-state index in [-0.39, 0.29) is 22.7 Å². The van der Waals surface area contributed by atoms with Crippen molar-refractivity contribution in [1.29, 1.82) is 5.26 Å². The highest BCUT2D eigenvalue weighted by Gasteiger charge is 2.28. The minimum Gasteiger partial charge on any atom is -0.497 e. The highest BCUT2D eigenvalue weighted by molar-refractivity contribution is 6.35. The average molecular weight is 672 g/mol. The molecule has 4 aromatic rings. The number of aromatic nitrogens is 3. The molecule has 1 saturated heterocycles. The van der Waals surface area contributed by atoms with E-state index in [1.807, 2.05) is 32.0 Å². The van der Waals surface area contributed by atoms with Crippen LogP contribution in [0.1, 0.15) is 19.4 Å². The van der Waals surface area contributed by atoms with E-state index < -0.39 is 11.4 Å². The molecule has 0 bridgehead atoms. The van der Waals surface area contributed by atoms with Gasteiger partial charge in [-0.25, -0.2) is 4.98 Å². The van der Waals surface area contributed by atoms with Crippen molar-refractivity contribution in [2.24, 2.45) is 0 Å². The van der Waals surface area contributed by atoms with Crippen molar-refractivity contribution >= 4 is 40.2 Å². The monoisotopic (exact) mass is 671 g/mol. The van der Waals surface area contributed by atoms with Crippen molar-refractivity contribution in [1.82, 2.24) is 19.4 Å². The Balaban J connectivity index is 1.44. The second-order valence-electron chi connectivity index (χ2n) is 11.8. The molecule has 0 unspecified atom stereocenters. The van der Waals surface area contributed by atoms with Gasteiger partial charge in [0.2, 0.25) is 5.95 Å². The zero-order valence-electron chi connectivity index (χ0n) is 27.6. The van der Waals surface area contributed by atoms with Crippen LogP contribution in [-0.4, -0.2) is 78.5 Å². The van der Waals surface area contributed by atoms with Gasteiger partial charge in [-0.1, -0.05) is 23.7 Å². The smallest absolute Gasteiger partial charge is 0.266 e. The predicted molar refractivity (Wildman–Crippen MR) is 186 cm³/mol. The summed E-state index contributed by atoms with van der Waals surface area (Å²) in [5.74, 6) is 0.730. The summed E-state index contributed by atoms with van der Waals surface area (Å²) in [6.07, 6.45) is 3.78. The average Bonchev–Trinajstić information content (AvgIpc) is 3.10. The molecule has 1 fully saturated rings. The first-order valence-corrected chi connectivity index (χ1v) is 15.8. The van der Waals surface area contributed by atoms with Gasteiger partial charge in [-0.15, -0.1) is 0 Å². The summed E-state index contributed by atoms with van der Waals surface area (Å²) in [6, 6.07) is 14.4. The summed E-state index contributed by atoms with van der Waals surface area (Å²) >= 11 is 6.70. The lowest BCUT2D eigenvalue weighted by Gasteiger charge is -2.39. The number of nitriles is 1. The molecule has 0 saturated carbocycles. The lowest BCUT2D eigenvalue weighted by atomic mass is 9.98. The molecule has 2 aromatic carbocycles. The second-order valence-corrected chi connectivity index (χ2v) is 12.1. The first-order valence-electron chi connectivity index (χ1n) is 15.4. The van der Waals surface area contributed by atoms with Crippen LogP contribution in [0.2, 0.25) is 5.02 Å². The second kappa shape index (κ2) is 14.9. The molecule has 0 aliphatic carbocycles. The number of pyridine rings is 1. The van der Waals surface area contributed by atoms with Crippen molar-refractivity contribution in [3.05, 3.63) is 81.3 Å². The maximum Gasteiger partial charge on any atom is 0.266 e. The molecule has 2 aromatic heterocycles. The van der Waals surface area contributed by atoms with Crippen LogP contribution in [0.15, 0.2) is 65.1 Å². The largest absolute Gasteiger partial charge is 0.497 e. The molecular formula is C35H38ClN7O5. The Hall–Kier alpha value is -4.96. The quantitative estimate of drug-likeness (QED) is 0.167. The Morgan fingerprint density at radius 1 is 1.15 bits per heavy atom. The molecule has 1 aliphatic heterocycles. The first-order chi connectivity index (χ1) is 23.1. The molecule has 0 spiro atoms. The van der Waals surface area contributed by atoms with Crippen LogP contribution < -0.4 is 25.7 Å². The lowest BCUT2D eigenvalue weighted by molar-refractivity contribution is -0.112. The van der Waals surface area contributed by atoms with Crippen molar-refractivity contribution in [2.75, 3.05) is 58.2 Å². The van der Waals surface area contributed by atoms with E-state index in [2.05, 4.69) is 31.6 Å². The number of hydrogen-bond donors (Lipinski definition) is 2. The topological polar surface area (TPSA) is 144 Å². The van der Waals surface area contributed by atoms with Crippen LogP contribution >= 0.6 is 11.6 Å². The molecule has 48 heavy (non-hydrogen) atoms. The lowest BCUT2D eigenvalue weighted by Crippen LogP contribution is -2.49. The third-order valence-electron chi connectivity index (χ3n) is 8.31. The fourth-order valence-electron chi connectivity index (χ4n) is 5.69. The highest BCUT2D eigenvalue weighted by Crippen LogP contribution is 2.38. The van der Waals surface area contributed by atoms with Crippen molar-refractivity contribution in [2.45, 2.75) is 32.4 Å². The summed E-state index contributed by atoms with van der Waals surface area (Å²) < 4.78 is 17.9. The molecule has 12 nitrogen and oxygen atoms in total. The van der Waals surface area contributed by atoms with Gasteiger partial charge >= 0.3 is 0 Å². The first kappa shape index (κ1) is 34.4. The number of rotatable bonds is 11. The Bertz CT molecular complexity index is 1960. The summed E-state index contributed by atoms with van der Waals surface area (Å²) in [7, 11) is 4.73. The maximum atomic E-state index is 14.1. The molecular weight excluding hydrogens is 634 g/mol. The SMILES string of the molecule is CNc1ncc2cc(-c3cc(OC)cc(OC)c3Cl)c(=O)n(CCc3cccc(NC(=O)/C(C#N)=C/C(C)(C)N4CCOCC4)c3)c2n1. The fraction of sp³-hybridized carbons (Fsp3) is 0.343. The zero-order chi connectivity index (χ0) is 34.4. The van der Waals surface area contributed by atoms with Gasteiger partial charge < -0.3 is 24.8 Å². The third kappa shape index (κ3) is 7.44. The van der Waals surface area contributed by atoms with Gasteiger partial charge in [0.25, 0.3) is 11.5 Å². The molecule has 1 aliphatic rings. The Kier molecular flexibility index (Phi) is 10.6. The van der Waals surface area contributed by atoms with Crippen molar-refractivity contribution < 1.29 is 19.0 Å². The Morgan fingerprint density at radius 3 is 2.60 bits per heavy atom. The molecule has 250 valence electrons. The Morgan fingerprint density at radius 2 is 1.92 bits per heavy atom. The molecule has 2 N–H and O–H groups in total. The van der Waals surface area contributed by atoms with Gasteiger partial charge in [0, 0.05) is 66.7 Å². The van der Waals surface area contributed by atoms with Gasteiger partial charge in [-0.05, 0) is 56.2 Å². The van der Waals surface area contributed by atoms with Crippen LogP contribution in [0.5, 0.6) is 11.5 Å². The molecule has 13 heteroatoms. The molecule has 1 amide bonds. The number of carbonyl (C=O) groups is 1. The normalized spacial score (nSPS) is 14.0. The van der Waals surface area contributed by atoms with Gasteiger partial charge in [-0.2, -0.15) is 10.2 Å². The summed E-state index contributed by atoms with van der Waals surface area (Å²) in [5, 5.41) is 16.5. The van der Waals surface area contributed by atoms with Crippen LogP contribution in [0.25, 0.3) is 22.2 Å². The van der Waals surface area contributed by atoms with E-state index >= 15 is 0 Å². The van der Waals surface area contributed by atoms with Crippen LogP contribution in [-0.2, 0) is 22.5 Å². The predicted octanol–water partition coefficient (Wildman–Crippen LogP) is 4.91. The van der Waals surface area contributed by atoms with E-state index in [1.165, 1.54) is 14.2 Å². The number of morpholine rings is 1. The molecule has 5 rings (SSSR count). The van der Waals surface area contributed by atoms with E-state index in [0.29, 0.717) is 64.9 Å². The third-order valence-corrected chi connectivity index (χ3v) is 8.70. The van der Waals surface area contributed by atoms with Crippen LogP contribution in [0.4, 0.5) is 11.6 Å². The number of fused-ring (bicyclic) bond motifs is 1. The number of ether oxygens (including phenoxy) is 3. The van der Waals surface area contributed by atoms with Crippen LogP contribution in [0, 0.1) is 11.3 Å². The van der Waals surface area contributed by atoms with E-state index in [1.54, 1.807) is 48.2 Å². The number of hydrogen-bond acceptors (Lipinski definition) is 10. The maximum absolute atomic E-state index is 14.1. The number of anilines is 2. The fourth-order valence-corrected chi connectivity index (χ4v) is 5.98. The number of amides is 1. The van der Waals surface area contributed by atoms with Gasteiger partial charge in [0.15, 0.2) is 0 Å². The summed E-state index contributed by atoms with van der Waals surface area (Å²) in [4.78, 5) is 38.5. The number of nitrogens with one attached hydrogen (secondary N) is 2. The standard InChI is InChI=1S/C35H38ClN7O5/c1-35(2,42-11-13-48-14-12-42)19-24(20-37)32(44)40-25-8-6-7-22(15-25)9-10-43-31-23(21-39-34(38-3)41-31)16-28(33(43)45)27-17-26(46-4)18-29(47-5)30(27)36/h6-8,15-19,21H,9-14H2,1-5H3,(H,40,44)(H,38,39,41)/b24-19+.